The standard InChI is InChI=1S/C16H30N2O2/c1-5-10-18(15(19)20-16(2,3)4)14-8-11-17(12-9-14)13-6-7-13/h13-14H,5-12H2,1-4H3. The van der Waals surface area contributed by atoms with Gasteiger partial charge in [-0.3, -0.25) is 0 Å². The van der Waals surface area contributed by atoms with Crippen molar-refractivity contribution in [3.8, 4) is 0 Å². The Balaban J connectivity index is 1.89. The quantitative estimate of drug-likeness (QED) is 0.793. The average molecular weight is 282 g/mol. The predicted octanol–water partition coefficient (Wildman–Crippen LogP) is 3.26. The normalized spacial score (nSPS) is 21.8. The minimum atomic E-state index is -0.405. The predicted molar refractivity (Wildman–Crippen MR) is 80.8 cm³/mol. The third-order valence-corrected chi connectivity index (χ3v) is 4.10. The van der Waals surface area contributed by atoms with Crippen LogP contribution in [0.5, 0.6) is 0 Å². The lowest BCUT2D eigenvalue weighted by Crippen LogP contribution is -2.49. The molecular formula is C16H30N2O2. The molecule has 20 heavy (non-hydrogen) atoms. The summed E-state index contributed by atoms with van der Waals surface area (Å²) in [5.41, 5.74) is -0.405. The molecule has 1 aliphatic carbocycles. The summed E-state index contributed by atoms with van der Waals surface area (Å²) in [6, 6.07) is 1.21. The maximum atomic E-state index is 12.4. The summed E-state index contributed by atoms with van der Waals surface area (Å²) < 4.78 is 5.57. The lowest BCUT2D eigenvalue weighted by atomic mass is 10.0. The molecule has 2 rings (SSSR count). The summed E-state index contributed by atoms with van der Waals surface area (Å²) >= 11 is 0. The van der Waals surface area contributed by atoms with E-state index >= 15 is 0 Å². The second kappa shape index (κ2) is 6.33. The van der Waals surface area contributed by atoms with Gasteiger partial charge in [-0.15, -0.1) is 0 Å². The monoisotopic (exact) mass is 282 g/mol. The summed E-state index contributed by atoms with van der Waals surface area (Å²) in [5.74, 6) is 0. The van der Waals surface area contributed by atoms with Crippen LogP contribution in [0.2, 0.25) is 0 Å². The molecule has 0 aromatic rings. The first-order valence-electron chi connectivity index (χ1n) is 8.14. The topological polar surface area (TPSA) is 32.8 Å². The van der Waals surface area contributed by atoms with Crippen molar-refractivity contribution in [1.29, 1.82) is 0 Å². The van der Waals surface area contributed by atoms with Gasteiger partial charge in [-0.05, 0) is 52.9 Å². The number of piperidine rings is 1. The van der Waals surface area contributed by atoms with Crippen molar-refractivity contribution in [2.75, 3.05) is 19.6 Å². The first kappa shape index (κ1) is 15.6. The van der Waals surface area contributed by atoms with Gasteiger partial charge in [0.1, 0.15) is 5.60 Å². The Hall–Kier alpha value is -0.770. The number of nitrogens with zero attached hydrogens (tertiary/aromatic N) is 2. The molecule has 1 amide bonds. The molecular weight excluding hydrogens is 252 g/mol. The molecule has 1 heterocycles. The molecule has 0 aromatic heterocycles. The fourth-order valence-electron chi connectivity index (χ4n) is 2.99. The second-order valence-corrected chi connectivity index (χ2v) is 7.17. The maximum Gasteiger partial charge on any atom is 0.410 e. The van der Waals surface area contributed by atoms with E-state index in [1.807, 2.05) is 25.7 Å². The van der Waals surface area contributed by atoms with E-state index in [0.29, 0.717) is 6.04 Å². The highest BCUT2D eigenvalue weighted by Crippen LogP contribution is 2.30. The van der Waals surface area contributed by atoms with Crippen LogP contribution in [0.1, 0.15) is 59.8 Å². The second-order valence-electron chi connectivity index (χ2n) is 7.17. The van der Waals surface area contributed by atoms with Crippen LogP contribution < -0.4 is 0 Å². The van der Waals surface area contributed by atoms with Gasteiger partial charge in [0.2, 0.25) is 0 Å². The van der Waals surface area contributed by atoms with Crippen LogP contribution in [0, 0.1) is 0 Å². The maximum absolute atomic E-state index is 12.4. The molecule has 0 N–H and O–H groups in total. The summed E-state index contributed by atoms with van der Waals surface area (Å²) in [6.45, 7) is 11.0. The molecule has 1 saturated carbocycles. The van der Waals surface area contributed by atoms with Gasteiger partial charge in [-0.1, -0.05) is 6.92 Å². The van der Waals surface area contributed by atoms with Crippen molar-refractivity contribution in [1.82, 2.24) is 9.80 Å². The highest BCUT2D eigenvalue weighted by Gasteiger charge is 2.35. The van der Waals surface area contributed by atoms with Crippen molar-refractivity contribution in [2.45, 2.75) is 77.5 Å². The van der Waals surface area contributed by atoms with Gasteiger partial charge in [0, 0.05) is 31.7 Å². The number of carbonyl (C=O) groups excluding carboxylic acids is 1. The van der Waals surface area contributed by atoms with Gasteiger partial charge in [-0.25, -0.2) is 4.79 Å². The zero-order valence-corrected chi connectivity index (χ0v) is 13.5. The van der Waals surface area contributed by atoms with Crippen molar-refractivity contribution in [3.63, 3.8) is 0 Å². The lowest BCUT2D eigenvalue weighted by molar-refractivity contribution is 0.00783. The number of ether oxygens (including phenoxy) is 1. The molecule has 0 bridgehead atoms. The third-order valence-electron chi connectivity index (χ3n) is 4.10. The number of carbonyl (C=O) groups is 1. The fourth-order valence-corrected chi connectivity index (χ4v) is 2.99. The summed E-state index contributed by atoms with van der Waals surface area (Å²) in [7, 11) is 0. The number of amides is 1. The smallest absolute Gasteiger partial charge is 0.410 e. The molecule has 2 fully saturated rings. The first-order valence-corrected chi connectivity index (χ1v) is 8.14. The van der Waals surface area contributed by atoms with E-state index in [1.54, 1.807) is 0 Å². The number of hydrogen-bond donors (Lipinski definition) is 0. The van der Waals surface area contributed by atoms with Gasteiger partial charge in [0.05, 0.1) is 0 Å². The average Bonchev–Trinajstić information content (AvgIpc) is 3.18. The van der Waals surface area contributed by atoms with Crippen LogP contribution in [-0.2, 0) is 4.74 Å². The largest absolute Gasteiger partial charge is 0.444 e. The van der Waals surface area contributed by atoms with Crippen LogP contribution in [0.4, 0.5) is 4.79 Å². The first-order chi connectivity index (χ1) is 9.40. The van der Waals surface area contributed by atoms with Crippen molar-refractivity contribution < 1.29 is 9.53 Å². The third kappa shape index (κ3) is 4.37. The van der Waals surface area contributed by atoms with Crippen molar-refractivity contribution >= 4 is 6.09 Å². The Morgan fingerprint density at radius 3 is 2.25 bits per heavy atom. The molecule has 1 saturated heterocycles. The van der Waals surface area contributed by atoms with Crippen LogP contribution in [0.25, 0.3) is 0 Å². The summed E-state index contributed by atoms with van der Waals surface area (Å²) in [4.78, 5) is 16.9. The SMILES string of the molecule is CCCN(C(=O)OC(C)(C)C)C1CCN(C2CC2)CC1. The Labute approximate surface area is 123 Å². The molecule has 0 spiro atoms. The molecule has 0 radical (unpaired) electrons. The van der Waals surface area contributed by atoms with E-state index in [4.69, 9.17) is 4.74 Å². The Bertz CT molecular complexity index is 326. The van der Waals surface area contributed by atoms with Crippen molar-refractivity contribution in [3.05, 3.63) is 0 Å². The highest BCUT2D eigenvalue weighted by molar-refractivity contribution is 5.68. The number of likely N-dealkylation sites (tertiary alicyclic amines) is 1. The molecule has 2 aliphatic rings. The van der Waals surface area contributed by atoms with E-state index in [2.05, 4.69) is 11.8 Å². The van der Waals surface area contributed by atoms with Crippen LogP contribution in [-0.4, -0.2) is 53.2 Å². The van der Waals surface area contributed by atoms with E-state index in [-0.39, 0.29) is 6.09 Å². The summed E-state index contributed by atoms with van der Waals surface area (Å²) in [6.07, 6.45) is 5.78. The zero-order valence-electron chi connectivity index (χ0n) is 13.5. The molecule has 0 unspecified atom stereocenters. The molecule has 4 nitrogen and oxygen atoms in total. The van der Waals surface area contributed by atoms with Gasteiger partial charge in [-0.2, -0.15) is 0 Å². The Kier molecular flexibility index (Phi) is 4.95. The van der Waals surface area contributed by atoms with E-state index in [1.165, 1.54) is 12.8 Å². The van der Waals surface area contributed by atoms with E-state index in [0.717, 1.165) is 44.9 Å². The Morgan fingerprint density at radius 2 is 1.80 bits per heavy atom. The van der Waals surface area contributed by atoms with Gasteiger partial charge < -0.3 is 14.5 Å². The fraction of sp³-hybridized carbons (Fsp3) is 0.938. The molecule has 0 aromatic carbocycles. The minimum absolute atomic E-state index is 0.135. The van der Waals surface area contributed by atoms with Crippen LogP contribution >= 0.6 is 0 Å². The minimum Gasteiger partial charge on any atom is -0.444 e. The van der Waals surface area contributed by atoms with Crippen LogP contribution in [0.3, 0.4) is 0 Å². The van der Waals surface area contributed by atoms with E-state index < -0.39 is 5.60 Å². The van der Waals surface area contributed by atoms with Gasteiger partial charge in [0.25, 0.3) is 0 Å². The number of rotatable bonds is 4. The Morgan fingerprint density at radius 1 is 1.20 bits per heavy atom. The molecule has 4 heteroatoms. The molecule has 0 atom stereocenters. The van der Waals surface area contributed by atoms with Crippen LogP contribution in [0.15, 0.2) is 0 Å². The van der Waals surface area contributed by atoms with E-state index in [9.17, 15) is 4.79 Å². The van der Waals surface area contributed by atoms with Gasteiger partial charge >= 0.3 is 6.09 Å². The molecule has 116 valence electrons. The van der Waals surface area contributed by atoms with Gasteiger partial charge in [0.15, 0.2) is 0 Å². The molecule has 1 aliphatic heterocycles. The zero-order chi connectivity index (χ0) is 14.8. The van der Waals surface area contributed by atoms with Crippen molar-refractivity contribution in [2.24, 2.45) is 0 Å². The summed E-state index contributed by atoms with van der Waals surface area (Å²) in [5, 5.41) is 0. The highest BCUT2D eigenvalue weighted by atomic mass is 16.6. The number of hydrogen-bond acceptors (Lipinski definition) is 3. The lowest BCUT2D eigenvalue weighted by Gasteiger charge is -2.39.